The second-order valence-electron chi connectivity index (χ2n) is 17.4. The predicted molar refractivity (Wildman–Crippen MR) is 261 cm³/mol. The van der Waals surface area contributed by atoms with Gasteiger partial charge in [-0.2, -0.15) is 0 Å². The number of carbonyl (C=O) groups is 3. The minimum Gasteiger partial charge on any atom is -0.462 e. The van der Waals surface area contributed by atoms with Gasteiger partial charge in [0.25, 0.3) is 0 Å². The van der Waals surface area contributed by atoms with E-state index in [9.17, 15) is 14.4 Å². The highest BCUT2D eigenvalue weighted by Gasteiger charge is 2.19. The van der Waals surface area contributed by atoms with E-state index >= 15 is 0 Å². The van der Waals surface area contributed by atoms with Crippen LogP contribution in [0.2, 0.25) is 0 Å². The van der Waals surface area contributed by atoms with Crippen molar-refractivity contribution in [1.29, 1.82) is 0 Å². The van der Waals surface area contributed by atoms with Crippen molar-refractivity contribution in [2.45, 2.75) is 271 Å². The number of esters is 3. The normalized spacial score (nSPS) is 12.4. The fourth-order valence-corrected chi connectivity index (χ4v) is 7.39. The highest BCUT2D eigenvalue weighted by Crippen LogP contribution is 2.15. The summed E-state index contributed by atoms with van der Waals surface area (Å²) in [6, 6.07) is 0. The van der Waals surface area contributed by atoms with Gasteiger partial charge in [-0.3, -0.25) is 14.4 Å². The molecule has 0 bridgehead atoms. The van der Waals surface area contributed by atoms with Crippen LogP contribution >= 0.6 is 0 Å². The lowest BCUT2D eigenvalue weighted by Crippen LogP contribution is -2.30. The van der Waals surface area contributed by atoms with Crippen LogP contribution in [-0.2, 0) is 28.6 Å². The van der Waals surface area contributed by atoms with Crippen molar-refractivity contribution >= 4 is 17.9 Å². The summed E-state index contributed by atoms with van der Waals surface area (Å²) in [5.41, 5.74) is 0. The second-order valence-corrected chi connectivity index (χ2v) is 17.4. The average Bonchev–Trinajstić information content (AvgIpc) is 3.26. The Balaban J connectivity index is 4.35. The van der Waals surface area contributed by atoms with Crippen LogP contribution in [0.15, 0.2) is 48.6 Å². The van der Waals surface area contributed by atoms with E-state index in [0.717, 1.165) is 96.3 Å². The first-order chi connectivity index (χ1) is 30.0. The lowest BCUT2D eigenvalue weighted by Gasteiger charge is -2.18. The predicted octanol–water partition coefficient (Wildman–Crippen LogP) is 17.1. The molecule has 0 radical (unpaired) electrons. The number of unbranched alkanes of at least 4 members (excludes halogenated alkanes) is 28. The van der Waals surface area contributed by atoms with Gasteiger partial charge in [-0.1, -0.05) is 217 Å². The molecule has 6 nitrogen and oxygen atoms in total. The van der Waals surface area contributed by atoms with Gasteiger partial charge in [0, 0.05) is 19.3 Å². The Labute approximate surface area is 378 Å². The topological polar surface area (TPSA) is 78.9 Å². The van der Waals surface area contributed by atoms with E-state index in [-0.39, 0.29) is 31.1 Å². The van der Waals surface area contributed by atoms with Gasteiger partial charge in [0.15, 0.2) is 6.10 Å². The van der Waals surface area contributed by atoms with Crippen LogP contribution in [0.25, 0.3) is 0 Å². The molecule has 0 aromatic carbocycles. The largest absolute Gasteiger partial charge is 0.462 e. The Morgan fingerprint density at radius 2 is 0.639 bits per heavy atom. The highest BCUT2D eigenvalue weighted by atomic mass is 16.6. The standard InChI is InChI=1S/C55H98O6/c1-4-7-10-13-16-19-22-24-26-27-29-31-34-36-39-42-45-48-54(57)60-51-52(61-55(58)49-46-43-40-37-32-21-18-15-12-9-6-3)50-59-53(56)47-44-41-38-35-33-30-28-25-23-20-17-14-11-8-5-2/h8,11,17,20,24-26,28,52H,4-7,9-10,12-16,18-19,21-23,27,29-51H2,1-3H3/b11-8-,20-17-,26-24-,28-25-/t52-/m1/s1. The minimum absolute atomic E-state index is 0.0788. The lowest BCUT2D eigenvalue weighted by molar-refractivity contribution is -0.167. The molecule has 0 aromatic heterocycles. The summed E-state index contributed by atoms with van der Waals surface area (Å²) < 4.78 is 16.8. The molecule has 0 aliphatic rings. The van der Waals surface area contributed by atoms with Crippen molar-refractivity contribution in [1.82, 2.24) is 0 Å². The zero-order chi connectivity index (χ0) is 44.4. The molecule has 6 heteroatoms. The number of rotatable bonds is 47. The van der Waals surface area contributed by atoms with Crippen molar-refractivity contribution in [2.75, 3.05) is 13.2 Å². The summed E-state index contributed by atoms with van der Waals surface area (Å²) >= 11 is 0. The van der Waals surface area contributed by atoms with Gasteiger partial charge in [-0.15, -0.1) is 0 Å². The van der Waals surface area contributed by atoms with Crippen molar-refractivity contribution in [2.24, 2.45) is 0 Å². The van der Waals surface area contributed by atoms with E-state index in [2.05, 4.69) is 69.4 Å². The Bertz CT molecular complexity index is 1070. The van der Waals surface area contributed by atoms with Crippen LogP contribution < -0.4 is 0 Å². The Kier molecular flexibility index (Phi) is 47.9. The Hall–Kier alpha value is -2.63. The molecule has 0 saturated heterocycles. The molecule has 0 N–H and O–H groups in total. The minimum atomic E-state index is -0.778. The summed E-state index contributed by atoms with van der Waals surface area (Å²) in [5, 5.41) is 0. The maximum atomic E-state index is 12.8. The van der Waals surface area contributed by atoms with E-state index in [4.69, 9.17) is 14.2 Å². The summed E-state index contributed by atoms with van der Waals surface area (Å²) in [7, 11) is 0. The summed E-state index contributed by atoms with van der Waals surface area (Å²) in [5.74, 6) is -0.893. The zero-order valence-corrected chi connectivity index (χ0v) is 40.4. The first kappa shape index (κ1) is 58.4. The maximum Gasteiger partial charge on any atom is 0.306 e. The quantitative estimate of drug-likeness (QED) is 0.0263. The van der Waals surface area contributed by atoms with Crippen LogP contribution in [0.5, 0.6) is 0 Å². The van der Waals surface area contributed by atoms with E-state index in [1.165, 1.54) is 128 Å². The van der Waals surface area contributed by atoms with Gasteiger partial charge in [0.2, 0.25) is 0 Å². The van der Waals surface area contributed by atoms with Crippen molar-refractivity contribution in [3.05, 3.63) is 48.6 Å². The third-order valence-corrected chi connectivity index (χ3v) is 11.3. The fraction of sp³-hybridized carbons (Fsp3) is 0.800. The monoisotopic (exact) mass is 855 g/mol. The van der Waals surface area contributed by atoms with Crippen LogP contribution in [0, 0.1) is 0 Å². The van der Waals surface area contributed by atoms with E-state index in [0.29, 0.717) is 19.3 Å². The van der Waals surface area contributed by atoms with E-state index in [1.807, 2.05) is 0 Å². The molecule has 1 atom stereocenters. The van der Waals surface area contributed by atoms with Gasteiger partial charge in [0.05, 0.1) is 0 Å². The van der Waals surface area contributed by atoms with Crippen molar-refractivity contribution in [3.63, 3.8) is 0 Å². The summed E-state index contributed by atoms with van der Waals surface area (Å²) in [4.78, 5) is 37.9. The average molecular weight is 855 g/mol. The molecule has 0 aromatic rings. The molecule has 0 spiro atoms. The first-order valence-corrected chi connectivity index (χ1v) is 26.1. The SMILES string of the molecule is CC/C=C\C/C=C\C/C=C\CCCCCCCC(=O)OC[C@H](COC(=O)CCCCCCCCC/C=C\CCCCCCCC)OC(=O)CCCCCCCCCCCCC. The van der Waals surface area contributed by atoms with Crippen molar-refractivity contribution in [3.8, 4) is 0 Å². The number of hydrogen-bond acceptors (Lipinski definition) is 6. The molecule has 0 heterocycles. The van der Waals surface area contributed by atoms with Gasteiger partial charge >= 0.3 is 17.9 Å². The van der Waals surface area contributed by atoms with E-state index < -0.39 is 6.10 Å². The molecular weight excluding hydrogens is 757 g/mol. The van der Waals surface area contributed by atoms with E-state index in [1.54, 1.807) is 0 Å². The van der Waals surface area contributed by atoms with Crippen LogP contribution in [-0.4, -0.2) is 37.2 Å². The van der Waals surface area contributed by atoms with Gasteiger partial charge in [-0.05, 0) is 77.0 Å². The molecule has 0 rings (SSSR count). The second kappa shape index (κ2) is 50.0. The summed E-state index contributed by atoms with van der Waals surface area (Å²) in [6.07, 6.45) is 59.5. The number of allylic oxidation sites excluding steroid dienone is 8. The number of ether oxygens (including phenoxy) is 3. The van der Waals surface area contributed by atoms with Crippen LogP contribution in [0.3, 0.4) is 0 Å². The molecule has 354 valence electrons. The van der Waals surface area contributed by atoms with Gasteiger partial charge in [-0.25, -0.2) is 0 Å². The molecule has 0 aliphatic carbocycles. The Morgan fingerprint density at radius 1 is 0.344 bits per heavy atom. The molecule has 0 aliphatic heterocycles. The molecule has 0 amide bonds. The smallest absolute Gasteiger partial charge is 0.306 e. The molecular formula is C55H98O6. The molecule has 0 unspecified atom stereocenters. The molecule has 0 fully saturated rings. The van der Waals surface area contributed by atoms with Gasteiger partial charge in [0.1, 0.15) is 13.2 Å². The highest BCUT2D eigenvalue weighted by molar-refractivity contribution is 5.71. The van der Waals surface area contributed by atoms with Crippen LogP contribution in [0.4, 0.5) is 0 Å². The molecule has 0 saturated carbocycles. The number of carbonyl (C=O) groups excluding carboxylic acids is 3. The first-order valence-electron chi connectivity index (χ1n) is 26.1. The summed E-state index contributed by atoms with van der Waals surface area (Å²) in [6.45, 7) is 6.51. The fourth-order valence-electron chi connectivity index (χ4n) is 7.39. The van der Waals surface area contributed by atoms with Crippen LogP contribution in [0.1, 0.15) is 265 Å². The molecule has 61 heavy (non-hydrogen) atoms. The van der Waals surface area contributed by atoms with Crippen molar-refractivity contribution < 1.29 is 28.6 Å². The third-order valence-electron chi connectivity index (χ3n) is 11.3. The maximum absolute atomic E-state index is 12.8. The zero-order valence-electron chi connectivity index (χ0n) is 40.4. The lowest BCUT2D eigenvalue weighted by atomic mass is 10.1. The third kappa shape index (κ3) is 48.3. The Morgan fingerprint density at radius 3 is 1.02 bits per heavy atom. The van der Waals surface area contributed by atoms with Gasteiger partial charge < -0.3 is 14.2 Å². The number of hydrogen-bond donors (Lipinski definition) is 0.